The van der Waals surface area contributed by atoms with E-state index in [9.17, 15) is 4.79 Å². The van der Waals surface area contributed by atoms with Gasteiger partial charge in [0, 0.05) is 57.1 Å². The zero-order valence-electron chi connectivity index (χ0n) is 19.9. The molecule has 1 N–H and O–H groups in total. The van der Waals surface area contributed by atoms with E-state index in [1.54, 1.807) is 45.9 Å². The number of fused-ring (bicyclic) bond motifs is 1. The zero-order chi connectivity index (χ0) is 24.1. The molecular formula is C24H30N6O4. The summed E-state index contributed by atoms with van der Waals surface area (Å²) in [5.74, 6) is 3.61. The summed E-state index contributed by atoms with van der Waals surface area (Å²) in [6, 6.07) is 6.93. The Bertz CT molecular complexity index is 1110. The Morgan fingerprint density at radius 1 is 1.09 bits per heavy atom. The first-order valence-electron chi connectivity index (χ1n) is 11.2. The van der Waals surface area contributed by atoms with E-state index in [4.69, 9.17) is 14.2 Å². The van der Waals surface area contributed by atoms with Crippen LogP contribution >= 0.6 is 0 Å². The average molecular weight is 467 g/mol. The van der Waals surface area contributed by atoms with Gasteiger partial charge in [0.1, 0.15) is 23.1 Å². The number of ether oxygens (including phenoxy) is 3. The van der Waals surface area contributed by atoms with Crippen LogP contribution in [0.15, 0.2) is 36.7 Å². The molecule has 0 bridgehead atoms. The van der Waals surface area contributed by atoms with Gasteiger partial charge in [-0.25, -0.2) is 0 Å². The van der Waals surface area contributed by atoms with Crippen molar-refractivity contribution in [2.24, 2.45) is 0 Å². The third-order valence-corrected chi connectivity index (χ3v) is 6.00. The highest BCUT2D eigenvalue weighted by atomic mass is 16.5. The molecule has 0 aliphatic carbocycles. The van der Waals surface area contributed by atoms with Gasteiger partial charge in [-0.05, 0) is 19.1 Å². The van der Waals surface area contributed by atoms with Crippen LogP contribution in [0.25, 0.3) is 0 Å². The fourth-order valence-electron chi connectivity index (χ4n) is 4.17. The third kappa shape index (κ3) is 4.96. The van der Waals surface area contributed by atoms with E-state index in [0.29, 0.717) is 24.4 Å². The van der Waals surface area contributed by atoms with E-state index in [0.717, 1.165) is 48.2 Å². The molecule has 180 valence electrons. The highest BCUT2D eigenvalue weighted by Crippen LogP contribution is 2.35. The first-order chi connectivity index (χ1) is 16.5. The Labute approximate surface area is 198 Å². The van der Waals surface area contributed by atoms with E-state index >= 15 is 0 Å². The number of hydrogen-bond donors (Lipinski definition) is 1. The first kappa shape index (κ1) is 23.5. The Balaban J connectivity index is 1.47. The molecule has 0 saturated heterocycles. The van der Waals surface area contributed by atoms with Crippen LogP contribution in [0, 0.1) is 0 Å². The minimum absolute atomic E-state index is 0.188. The topological polar surface area (TPSA) is 104 Å². The quantitative estimate of drug-likeness (QED) is 0.539. The maximum absolute atomic E-state index is 12.6. The van der Waals surface area contributed by atoms with Crippen molar-refractivity contribution >= 4 is 5.91 Å². The molecular weight excluding hydrogens is 436 g/mol. The Morgan fingerprint density at radius 3 is 2.50 bits per heavy atom. The predicted molar refractivity (Wildman–Crippen MR) is 125 cm³/mol. The van der Waals surface area contributed by atoms with Crippen LogP contribution in [-0.2, 0) is 19.5 Å². The van der Waals surface area contributed by atoms with Crippen LogP contribution in [0.3, 0.4) is 0 Å². The fourth-order valence-corrected chi connectivity index (χ4v) is 4.17. The second-order valence-corrected chi connectivity index (χ2v) is 8.10. The largest absolute Gasteiger partial charge is 0.496 e. The second kappa shape index (κ2) is 10.5. The summed E-state index contributed by atoms with van der Waals surface area (Å²) in [4.78, 5) is 18.9. The normalized spacial score (nSPS) is 14.6. The second-order valence-electron chi connectivity index (χ2n) is 8.10. The lowest BCUT2D eigenvalue weighted by atomic mass is 10.1. The van der Waals surface area contributed by atoms with Crippen LogP contribution in [0.2, 0.25) is 0 Å². The molecule has 3 heterocycles. The van der Waals surface area contributed by atoms with Gasteiger partial charge < -0.3 is 24.1 Å². The molecule has 1 aromatic carbocycles. The summed E-state index contributed by atoms with van der Waals surface area (Å²) in [7, 11) is 4.92. The monoisotopic (exact) mass is 466 g/mol. The molecule has 0 radical (unpaired) electrons. The van der Waals surface area contributed by atoms with Crippen molar-refractivity contribution in [3.63, 3.8) is 0 Å². The molecule has 4 rings (SSSR count). The van der Waals surface area contributed by atoms with Crippen molar-refractivity contribution < 1.29 is 19.0 Å². The maximum Gasteiger partial charge on any atom is 0.253 e. The number of methoxy groups -OCH3 is 3. The molecule has 1 aliphatic heterocycles. The summed E-state index contributed by atoms with van der Waals surface area (Å²) in [6.07, 6.45) is 3.94. The Hall–Kier alpha value is -3.66. The summed E-state index contributed by atoms with van der Waals surface area (Å²) in [5.41, 5.74) is 1.49. The number of carbonyl (C=O) groups excluding carboxylic acids is 1. The zero-order valence-corrected chi connectivity index (χ0v) is 19.9. The van der Waals surface area contributed by atoms with Crippen LogP contribution in [-0.4, -0.2) is 65.0 Å². The predicted octanol–water partition coefficient (Wildman–Crippen LogP) is 2.25. The van der Waals surface area contributed by atoms with Crippen molar-refractivity contribution in [2.45, 2.75) is 32.5 Å². The van der Waals surface area contributed by atoms with Crippen LogP contribution < -0.4 is 19.5 Å². The summed E-state index contributed by atoms with van der Waals surface area (Å²) < 4.78 is 18.7. The first-order valence-corrected chi connectivity index (χ1v) is 11.2. The van der Waals surface area contributed by atoms with E-state index in [1.807, 2.05) is 19.1 Å². The third-order valence-electron chi connectivity index (χ3n) is 6.00. The smallest absolute Gasteiger partial charge is 0.253 e. The van der Waals surface area contributed by atoms with Gasteiger partial charge in [0.15, 0.2) is 5.82 Å². The van der Waals surface area contributed by atoms with Crippen LogP contribution in [0.4, 0.5) is 0 Å². The number of nitrogens with zero attached hydrogens (tertiary/aromatic N) is 5. The van der Waals surface area contributed by atoms with Gasteiger partial charge in [-0.1, -0.05) is 0 Å². The Kier molecular flexibility index (Phi) is 7.27. The van der Waals surface area contributed by atoms with Gasteiger partial charge >= 0.3 is 0 Å². The highest BCUT2D eigenvalue weighted by Gasteiger charge is 2.24. The van der Waals surface area contributed by atoms with Gasteiger partial charge in [-0.2, -0.15) is 0 Å². The number of aromatic nitrogens is 4. The number of carbonyl (C=O) groups is 1. The SMILES string of the molecule is COc1cc(OC)c(CN2CCc3nnc(C(C)NC(=O)c4cccnc4)n3CC2)c(OC)c1. The molecule has 1 aliphatic rings. The van der Waals surface area contributed by atoms with Crippen molar-refractivity contribution in [1.82, 2.24) is 30.0 Å². The number of benzene rings is 1. The summed E-state index contributed by atoms with van der Waals surface area (Å²) in [5, 5.41) is 11.8. The van der Waals surface area contributed by atoms with Gasteiger partial charge in [-0.3, -0.25) is 14.7 Å². The average Bonchev–Trinajstić information content (AvgIpc) is 3.18. The van der Waals surface area contributed by atoms with Gasteiger partial charge in [-0.15, -0.1) is 10.2 Å². The van der Waals surface area contributed by atoms with Gasteiger partial charge in [0.25, 0.3) is 5.91 Å². The molecule has 1 unspecified atom stereocenters. The highest BCUT2D eigenvalue weighted by molar-refractivity contribution is 5.94. The lowest BCUT2D eigenvalue weighted by Gasteiger charge is -2.23. The molecule has 34 heavy (non-hydrogen) atoms. The van der Waals surface area contributed by atoms with Gasteiger partial charge in [0.05, 0.1) is 38.5 Å². The van der Waals surface area contributed by atoms with Crippen molar-refractivity contribution in [3.8, 4) is 17.2 Å². The maximum atomic E-state index is 12.6. The lowest BCUT2D eigenvalue weighted by Crippen LogP contribution is -2.30. The van der Waals surface area contributed by atoms with Crippen molar-refractivity contribution in [3.05, 3.63) is 59.4 Å². The number of pyridine rings is 1. The molecule has 0 spiro atoms. The van der Waals surface area contributed by atoms with Crippen LogP contribution in [0.1, 0.15) is 40.5 Å². The number of rotatable bonds is 8. The standard InChI is InChI=1S/C24H30N6O4/c1-16(26-24(31)17-6-5-8-25-14-17)23-28-27-22-7-9-29(10-11-30(22)23)15-19-20(33-3)12-18(32-2)13-21(19)34-4/h5-6,8,12-14,16H,7,9-11,15H2,1-4H3,(H,26,31). The summed E-state index contributed by atoms with van der Waals surface area (Å²) in [6.45, 7) is 4.90. The van der Waals surface area contributed by atoms with Crippen LogP contribution in [0.5, 0.6) is 17.2 Å². The van der Waals surface area contributed by atoms with E-state index < -0.39 is 0 Å². The number of hydrogen-bond acceptors (Lipinski definition) is 8. The number of amides is 1. The molecule has 1 atom stereocenters. The lowest BCUT2D eigenvalue weighted by molar-refractivity contribution is 0.0937. The summed E-state index contributed by atoms with van der Waals surface area (Å²) >= 11 is 0. The molecule has 0 fully saturated rings. The van der Waals surface area contributed by atoms with Gasteiger partial charge in [0.2, 0.25) is 0 Å². The number of nitrogens with one attached hydrogen (secondary N) is 1. The van der Waals surface area contributed by atoms with E-state index in [2.05, 4.69) is 30.0 Å². The molecule has 2 aromatic heterocycles. The molecule has 0 saturated carbocycles. The molecule has 10 nitrogen and oxygen atoms in total. The van der Waals surface area contributed by atoms with E-state index in [1.165, 1.54) is 0 Å². The minimum atomic E-state index is -0.290. The van der Waals surface area contributed by atoms with Crippen molar-refractivity contribution in [1.29, 1.82) is 0 Å². The molecule has 10 heteroatoms. The molecule has 1 amide bonds. The van der Waals surface area contributed by atoms with Crippen molar-refractivity contribution in [2.75, 3.05) is 34.4 Å². The minimum Gasteiger partial charge on any atom is -0.496 e. The fraction of sp³-hybridized carbons (Fsp3) is 0.417. The van der Waals surface area contributed by atoms with E-state index in [-0.39, 0.29) is 11.9 Å². The Morgan fingerprint density at radius 2 is 1.85 bits per heavy atom. The molecule has 3 aromatic rings.